The fraction of sp³-hybridized carbons (Fsp3) is 0.778. The Labute approximate surface area is 68.5 Å². The smallest absolute Gasteiger partial charge is 0.0553 e. The van der Waals surface area contributed by atoms with Crippen LogP contribution in [0.1, 0.15) is 19.3 Å². The van der Waals surface area contributed by atoms with Crippen molar-refractivity contribution in [1.29, 1.82) is 0 Å². The lowest BCUT2D eigenvalue weighted by atomic mass is 10.2. The maximum Gasteiger partial charge on any atom is 0.0553 e. The van der Waals surface area contributed by atoms with E-state index in [-0.39, 0.29) is 6.10 Å². The van der Waals surface area contributed by atoms with E-state index in [2.05, 4.69) is 11.5 Å². The van der Waals surface area contributed by atoms with E-state index in [1.54, 1.807) is 0 Å². The maximum absolute atomic E-state index is 9.32. The highest BCUT2D eigenvalue weighted by Crippen LogP contribution is 2.09. The van der Waals surface area contributed by atoms with Crippen LogP contribution in [0.4, 0.5) is 0 Å². The van der Waals surface area contributed by atoms with Crippen LogP contribution in [0.3, 0.4) is 0 Å². The summed E-state index contributed by atoms with van der Waals surface area (Å²) in [4.78, 5) is 2.34. The van der Waals surface area contributed by atoms with Crippen molar-refractivity contribution >= 4 is 0 Å². The molecule has 1 aliphatic rings. The minimum atomic E-state index is -0.0650. The zero-order valence-corrected chi connectivity index (χ0v) is 7.00. The van der Waals surface area contributed by atoms with E-state index in [0.29, 0.717) is 0 Å². The summed E-state index contributed by atoms with van der Waals surface area (Å²) in [5.74, 6) is 0. The van der Waals surface area contributed by atoms with E-state index in [1.165, 1.54) is 0 Å². The van der Waals surface area contributed by atoms with Gasteiger partial charge in [-0.15, -0.1) is 6.58 Å². The topological polar surface area (TPSA) is 23.5 Å². The van der Waals surface area contributed by atoms with E-state index in [9.17, 15) is 5.11 Å². The molecule has 0 bridgehead atoms. The molecule has 1 saturated heterocycles. The van der Waals surface area contributed by atoms with Gasteiger partial charge in [0.2, 0.25) is 0 Å². The summed E-state index contributed by atoms with van der Waals surface area (Å²) < 4.78 is 0. The Morgan fingerprint density at radius 2 is 2.27 bits per heavy atom. The van der Waals surface area contributed by atoms with Crippen LogP contribution in [0.2, 0.25) is 0 Å². The molecule has 0 aromatic heterocycles. The Balaban J connectivity index is 2.27. The SMILES string of the molecule is C=CCN1CCCC(O)CC1. The monoisotopic (exact) mass is 155 g/mol. The van der Waals surface area contributed by atoms with Gasteiger partial charge >= 0.3 is 0 Å². The molecule has 11 heavy (non-hydrogen) atoms. The van der Waals surface area contributed by atoms with Crippen LogP contribution >= 0.6 is 0 Å². The maximum atomic E-state index is 9.32. The highest BCUT2D eigenvalue weighted by Gasteiger charge is 2.12. The van der Waals surface area contributed by atoms with Gasteiger partial charge in [0.1, 0.15) is 0 Å². The van der Waals surface area contributed by atoms with Gasteiger partial charge in [-0.2, -0.15) is 0 Å². The highest BCUT2D eigenvalue weighted by atomic mass is 16.3. The van der Waals surface area contributed by atoms with Gasteiger partial charge in [-0.1, -0.05) is 6.08 Å². The average molecular weight is 155 g/mol. The van der Waals surface area contributed by atoms with Gasteiger partial charge in [-0.25, -0.2) is 0 Å². The summed E-state index contributed by atoms with van der Waals surface area (Å²) in [6, 6.07) is 0. The number of nitrogens with zero attached hydrogens (tertiary/aromatic N) is 1. The van der Waals surface area contributed by atoms with Gasteiger partial charge < -0.3 is 5.11 Å². The molecule has 0 saturated carbocycles. The van der Waals surface area contributed by atoms with Gasteiger partial charge in [-0.3, -0.25) is 4.90 Å². The van der Waals surface area contributed by atoms with Crippen molar-refractivity contribution in [3.05, 3.63) is 12.7 Å². The second-order valence-corrected chi connectivity index (χ2v) is 3.17. The standard InChI is InChI=1S/C9H17NO/c1-2-6-10-7-3-4-9(11)5-8-10/h2,9,11H,1,3-8H2. The molecule has 0 spiro atoms. The molecule has 1 atom stereocenters. The molecular formula is C9H17NO. The fourth-order valence-corrected chi connectivity index (χ4v) is 1.50. The molecule has 0 amide bonds. The van der Waals surface area contributed by atoms with Crippen LogP contribution in [0, 0.1) is 0 Å². The summed E-state index contributed by atoms with van der Waals surface area (Å²) >= 11 is 0. The minimum Gasteiger partial charge on any atom is -0.393 e. The molecular weight excluding hydrogens is 138 g/mol. The molecule has 1 heterocycles. The van der Waals surface area contributed by atoms with Crippen molar-refractivity contribution in [3.8, 4) is 0 Å². The van der Waals surface area contributed by atoms with Crippen LogP contribution < -0.4 is 0 Å². The van der Waals surface area contributed by atoms with Gasteiger partial charge in [0, 0.05) is 13.1 Å². The first-order chi connectivity index (χ1) is 5.33. The van der Waals surface area contributed by atoms with Crippen LogP contribution in [0.25, 0.3) is 0 Å². The molecule has 64 valence electrons. The van der Waals surface area contributed by atoms with E-state index < -0.39 is 0 Å². The van der Waals surface area contributed by atoms with Crippen LogP contribution in [0.15, 0.2) is 12.7 Å². The van der Waals surface area contributed by atoms with Crippen molar-refractivity contribution in [3.63, 3.8) is 0 Å². The first-order valence-corrected chi connectivity index (χ1v) is 4.34. The molecule has 0 aromatic rings. The summed E-state index contributed by atoms with van der Waals surface area (Å²) in [5, 5.41) is 9.32. The number of hydrogen-bond donors (Lipinski definition) is 1. The van der Waals surface area contributed by atoms with Crippen LogP contribution in [-0.4, -0.2) is 35.7 Å². The first kappa shape index (κ1) is 8.75. The zero-order chi connectivity index (χ0) is 8.10. The Bertz CT molecular complexity index is 125. The fourth-order valence-electron chi connectivity index (χ4n) is 1.50. The van der Waals surface area contributed by atoms with E-state index in [0.717, 1.165) is 38.9 Å². The van der Waals surface area contributed by atoms with Gasteiger partial charge in [0.15, 0.2) is 0 Å². The first-order valence-electron chi connectivity index (χ1n) is 4.34. The molecule has 0 aromatic carbocycles. The lowest BCUT2D eigenvalue weighted by Gasteiger charge is -2.16. The van der Waals surface area contributed by atoms with Crippen molar-refractivity contribution in [1.82, 2.24) is 4.90 Å². The van der Waals surface area contributed by atoms with Crippen molar-refractivity contribution in [2.75, 3.05) is 19.6 Å². The molecule has 0 aliphatic carbocycles. The summed E-state index contributed by atoms with van der Waals surface area (Å²) in [7, 11) is 0. The van der Waals surface area contributed by atoms with Crippen LogP contribution in [-0.2, 0) is 0 Å². The van der Waals surface area contributed by atoms with Gasteiger partial charge in [-0.05, 0) is 25.8 Å². The van der Waals surface area contributed by atoms with Crippen molar-refractivity contribution in [2.24, 2.45) is 0 Å². The molecule has 1 aliphatic heterocycles. The molecule has 1 unspecified atom stereocenters. The third-order valence-corrected chi connectivity index (χ3v) is 2.18. The summed E-state index contributed by atoms with van der Waals surface area (Å²) in [5.41, 5.74) is 0. The predicted molar refractivity (Wildman–Crippen MR) is 46.5 cm³/mol. The Hall–Kier alpha value is -0.340. The minimum absolute atomic E-state index is 0.0650. The second kappa shape index (κ2) is 4.52. The molecule has 1 rings (SSSR count). The second-order valence-electron chi connectivity index (χ2n) is 3.17. The number of rotatable bonds is 2. The normalized spacial score (nSPS) is 27.9. The lowest BCUT2D eigenvalue weighted by molar-refractivity contribution is 0.156. The zero-order valence-electron chi connectivity index (χ0n) is 7.00. The molecule has 2 nitrogen and oxygen atoms in total. The van der Waals surface area contributed by atoms with Crippen molar-refractivity contribution < 1.29 is 5.11 Å². The van der Waals surface area contributed by atoms with E-state index in [1.807, 2.05) is 6.08 Å². The number of aliphatic hydroxyl groups is 1. The van der Waals surface area contributed by atoms with E-state index >= 15 is 0 Å². The van der Waals surface area contributed by atoms with Crippen LogP contribution in [0.5, 0.6) is 0 Å². The molecule has 1 N–H and O–H groups in total. The van der Waals surface area contributed by atoms with Gasteiger partial charge in [0.05, 0.1) is 6.10 Å². The Kier molecular flexibility index (Phi) is 3.60. The Morgan fingerprint density at radius 1 is 1.45 bits per heavy atom. The Morgan fingerprint density at radius 3 is 3.00 bits per heavy atom. The van der Waals surface area contributed by atoms with E-state index in [4.69, 9.17) is 0 Å². The predicted octanol–water partition coefficient (Wildman–Crippen LogP) is 1.02. The third-order valence-electron chi connectivity index (χ3n) is 2.18. The number of aliphatic hydroxyl groups excluding tert-OH is 1. The summed E-state index contributed by atoms with van der Waals surface area (Å²) in [6.07, 6.45) is 4.87. The molecule has 0 radical (unpaired) electrons. The number of hydrogen-bond acceptors (Lipinski definition) is 2. The number of likely N-dealkylation sites (tertiary alicyclic amines) is 1. The average Bonchev–Trinajstić information content (AvgIpc) is 2.17. The third kappa shape index (κ3) is 3.04. The van der Waals surface area contributed by atoms with Crippen molar-refractivity contribution in [2.45, 2.75) is 25.4 Å². The quantitative estimate of drug-likeness (QED) is 0.602. The molecule has 2 heteroatoms. The largest absolute Gasteiger partial charge is 0.393 e. The molecule has 1 fully saturated rings. The summed E-state index contributed by atoms with van der Waals surface area (Å²) in [6.45, 7) is 6.80. The van der Waals surface area contributed by atoms with Gasteiger partial charge in [0.25, 0.3) is 0 Å². The highest BCUT2D eigenvalue weighted by molar-refractivity contribution is 4.76. The lowest BCUT2D eigenvalue weighted by Crippen LogP contribution is -2.25.